The molecule has 0 aromatic heterocycles. The lowest BCUT2D eigenvalue weighted by Crippen LogP contribution is -2.54. The lowest BCUT2D eigenvalue weighted by Gasteiger charge is -2.36. The molecule has 0 unspecified atom stereocenters. The summed E-state index contributed by atoms with van der Waals surface area (Å²) in [7, 11) is 3.47. The van der Waals surface area contributed by atoms with Crippen molar-refractivity contribution < 1.29 is 14.3 Å². The van der Waals surface area contributed by atoms with Gasteiger partial charge in [-0.1, -0.05) is 0 Å². The van der Waals surface area contributed by atoms with E-state index in [1.165, 1.54) is 0 Å². The number of likely N-dealkylation sites (N-methyl/N-ethyl adjacent to an activating group) is 1. The van der Waals surface area contributed by atoms with E-state index in [0.717, 1.165) is 12.8 Å². The van der Waals surface area contributed by atoms with Gasteiger partial charge < -0.3 is 20.3 Å². The first-order chi connectivity index (χ1) is 8.67. The van der Waals surface area contributed by atoms with Gasteiger partial charge >= 0.3 is 6.09 Å². The normalized spacial score (nSPS) is 22.4. The Bertz CT molecular complexity index is 331. The predicted molar refractivity (Wildman–Crippen MR) is 72.9 cm³/mol. The van der Waals surface area contributed by atoms with Crippen molar-refractivity contribution in [2.24, 2.45) is 0 Å². The molecule has 19 heavy (non-hydrogen) atoms. The van der Waals surface area contributed by atoms with Gasteiger partial charge in [-0.05, 0) is 33.6 Å². The molecule has 1 saturated carbocycles. The smallest absolute Gasteiger partial charge is 0.407 e. The molecule has 2 amide bonds. The maximum absolute atomic E-state index is 11.5. The monoisotopic (exact) mass is 271 g/mol. The van der Waals surface area contributed by atoms with Crippen LogP contribution in [0.3, 0.4) is 0 Å². The Hall–Kier alpha value is -1.30. The zero-order chi connectivity index (χ0) is 14.6. The molecule has 1 rings (SSSR count). The van der Waals surface area contributed by atoms with Crippen molar-refractivity contribution in [1.82, 2.24) is 15.5 Å². The van der Waals surface area contributed by atoms with Crippen LogP contribution >= 0.6 is 0 Å². The van der Waals surface area contributed by atoms with Crippen LogP contribution in [-0.2, 0) is 9.53 Å². The number of ether oxygens (including phenoxy) is 1. The van der Waals surface area contributed by atoms with Crippen molar-refractivity contribution in [2.45, 2.75) is 51.3 Å². The standard InChI is InChI=1S/C13H25N3O3/c1-13(2,3)19-12(18)15-10-6-9(7-10)14-8-11(17)16(4)5/h9-10,14H,6-8H2,1-5H3,(H,15,18). The maximum Gasteiger partial charge on any atom is 0.407 e. The second kappa shape index (κ2) is 6.23. The van der Waals surface area contributed by atoms with E-state index >= 15 is 0 Å². The molecule has 1 fully saturated rings. The molecule has 0 radical (unpaired) electrons. The summed E-state index contributed by atoms with van der Waals surface area (Å²) in [5, 5.41) is 5.99. The summed E-state index contributed by atoms with van der Waals surface area (Å²) >= 11 is 0. The zero-order valence-corrected chi connectivity index (χ0v) is 12.4. The Morgan fingerprint density at radius 2 is 1.79 bits per heavy atom. The Morgan fingerprint density at radius 3 is 2.26 bits per heavy atom. The van der Waals surface area contributed by atoms with Crippen molar-refractivity contribution in [3.05, 3.63) is 0 Å². The first kappa shape index (κ1) is 15.8. The van der Waals surface area contributed by atoms with Crippen LogP contribution in [0.5, 0.6) is 0 Å². The molecule has 0 saturated heterocycles. The number of amides is 2. The van der Waals surface area contributed by atoms with Gasteiger partial charge in [0.25, 0.3) is 0 Å². The van der Waals surface area contributed by atoms with Crippen LogP contribution in [0.4, 0.5) is 4.79 Å². The fraction of sp³-hybridized carbons (Fsp3) is 0.846. The van der Waals surface area contributed by atoms with Gasteiger partial charge in [-0.2, -0.15) is 0 Å². The Kier molecular flexibility index (Phi) is 5.17. The Balaban J connectivity index is 2.14. The molecular weight excluding hydrogens is 246 g/mol. The highest BCUT2D eigenvalue weighted by Gasteiger charge is 2.31. The number of nitrogens with one attached hydrogen (secondary N) is 2. The molecule has 6 nitrogen and oxygen atoms in total. The van der Waals surface area contributed by atoms with Gasteiger partial charge in [0.2, 0.25) is 5.91 Å². The number of nitrogens with zero attached hydrogens (tertiary/aromatic N) is 1. The summed E-state index contributed by atoms with van der Waals surface area (Å²) in [5.74, 6) is 0.0588. The third kappa shape index (κ3) is 5.92. The van der Waals surface area contributed by atoms with Crippen molar-refractivity contribution in [1.29, 1.82) is 0 Å². The number of alkyl carbamates (subject to hydrolysis) is 1. The number of carbonyl (C=O) groups is 2. The molecule has 0 aromatic carbocycles. The van der Waals surface area contributed by atoms with E-state index in [2.05, 4.69) is 10.6 Å². The predicted octanol–water partition coefficient (Wildman–Crippen LogP) is 0.720. The van der Waals surface area contributed by atoms with E-state index in [1.807, 2.05) is 20.8 Å². The second-order valence-corrected chi connectivity index (χ2v) is 6.18. The first-order valence-electron chi connectivity index (χ1n) is 6.60. The van der Waals surface area contributed by atoms with Crippen LogP contribution in [0, 0.1) is 0 Å². The number of hydrogen-bond donors (Lipinski definition) is 2. The number of rotatable bonds is 4. The quantitative estimate of drug-likeness (QED) is 0.790. The van der Waals surface area contributed by atoms with Crippen molar-refractivity contribution in [3.8, 4) is 0 Å². The molecule has 0 bridgehead atoms. The van der Waals surface area contributed by atoms with Crippen molar-refractivity contribution in [3.63, 3.8) is 0 Å². The van der Waals surface area contributed by atoms with Crippen LogP contribution in [0.2, 0.25) is 0 Å². The van der Waals surface area contributed by atoms with E-state index < -0.39 is 5.60 Å². The molecule has 110 valence electrons. The first-order valence-corrected chi connectivity index (χ1v) is 6.60. The lowest BCUT2D eigenvalue weighted by atomic mass is 9.87. The lowest BCUT2D eigenvalue weighted by molar-refractivity contribution is -0.128. The van der Waals surface area contributed by atoms with Crippen LogP contribution < -0.4 is 10.6 Å². The molecule has 6 heteroatoms. The van der Waals surface area contributed by atoms with Crippen LogP contribution in [0.25, 0.3) is 0 Å². The largest absolute Gasteiger partial charge is 0.444 e. The van der Waals surface area contributed by atoms with E-state index in [4.69, 9.17) is 4.74 Å². The molecule has 0 spiro atoms. The average molecular weight is 271 g/mol. The summed E-state index contributed by atoms with van der Waals surface area (Å²) in [6.45, 7) is 5.86. The summed E-state index contributed by atoms with van der Waals surface area (Å²) in [6.07, 6.45) is 1.29. The maximum atomic E-state index is 11.5. The minimum Gasteiger partial charge on any atom is -0.444 e. The highest BCUT2D eigenvalue weighted by molar-refractivity contribution is 5.77. The summed E-state index contributed by atoms with van der Waals surface area (Å²) < 4.78 is 5.18. The van der Waals surface area contributed by atoms with Gasteiger partial charge in [-0.15, -0.1) is 0 Å². The number of hydrogen-bond acceptors (Lipinski definition) is 4. The van der Waals surface area contributed by atoms with Crippen LogP contribution in [-0.4, -0.2) is 55.2 Å². The van der Waals surface area contributed by atoms with Gasteiger partial charge in [-0.25, -0.2) is 4.79 Å². The van der Waals surface area contributed by atoms with Crippen LogP contribution in [0.15, 0.2) is 0 Å². The third-order valence-corrected chi connectivity index (χ3v) is 2.90. The second-order valence-electron chi connectivity index (χ2n) is 6.18. The Labute approximate surface area is 114 Å². The van der Waals surface area contributed by atoms with Gasteiger partial charge in [0.05, 0.1) is 6.54 Å². The molecule has 0 aromatic rings. The zero-order valence-electron chi connectivity index (χ0n) is 12.4. The molecule has 2 N–H and O–H groups in total. The molecular formula is C13H25N3O3. The highest BCUT2D eigenvalue weighted by atomic mass is 16.6. The summed E-state index contributed by atoms with van der Waals surface area (Å²) in [5.41, 5.74) is -0.469. The van der Waals surface area contributed by atoms with Gasteiger partial charge in [0, 0.05) is 26.2 Å². The molecule has 1 aliphatic rings. The summed E-state index contributed by atoms with van der Waals surface area (Å²) in [6, 6.07) is 0.436. The molecule has 0 aliphatic heterocycles. The van der Waals surface area contributed by atoms with E-state index in [-0.39, 0.29) is 18.0 Å². The highest BCUT2D eigenvalue weighted by Crippen LogP contribution is 2.20. The van der Waals surface area contributed by atoms with Crippen molar-refractivity contribution >= 4 is 12.0 Å². The molecule has 1 aliphatic carbocycles. The minimum absolute atomic E-state index is 0.0588. The van der Waals surface area contributed by atoms with E-state index in [0.29, 0.717) is 12.6 Å². The third-order valence-electron chi connectivity index (χ3n) is 2.90. The van der Waals surface area contributed by atoms with E-state index in [9.17, 15) is 9.59 Å². The minimum atomic E-state index is -0.469. The molecule has 0 heterocycles. The van der Waals surface area contributed by atoms with Gasteiger partial charge in [0.1, 0.15) is 5.60 Å². The van der Waals surface area contributed by atoms with Crippen LogP contribution in [0.1, 0.15) is 33.6 Å². The van der Waals surface area contributed by atoms with Gasteiger partial charge in [-0.3, -0.25) is 4.79 Å². The Morgan fingerprint density at radius 1 is 1.21 bits per heavy atom. The van der Waals surface area contributed by atoms with Gasteiger partial charge in [0.15, 0.2) is 0 Å². The molecule has 0 atom stereocenters. The van der Waals surface area contributed by atoms with E-state index in [1.54, 1.807) is 19.0 Å². The fourth-order valence-electron chi connectivity index (χ4n) is 1.77. The fourth-order valence-corrected chi connectivity index (χ4v) is 1.77. The topological polar surface area (TPSA) is 70.7 Å². The average Bonchev–Trinajstić information content (AvgIpc) is 2.17. The van der Waals surface area contributed by atoms with Crippen molar-refractivity contribution in [2.75, 3.05) is 20.6 Å². The summed E-state index contributed by atoms with van der Waals surface area (Å²) in [4.78, 5) is 24.4. The number of carbonyl (C=O) groups excluding carboxylic acids is 2. The SMILES string of the molecule is CN(C)C(=O)CNC1CC(NC(=O)OC(C)(C)C)C1.